The van der Waals surface area contributed by atoms with E-state index in [0.29, 0.717) is 26.2 Å². The van der Waals surface area contributed by atoms with Crippen LogP contribution in [-0.2, 0) is 9.59 Å². The van der Waals surface area contributed by atoms with Crippen molar-refractivity contribution in [2.24, 2.45) is 10.8 Å². The fourth-order valence-electron chi connectivity index (χ4n) is 1.31. The van der Waals surface area contributed by atoms with E-state index in [9.17, 15) is 9.59 Å². The van der Waals surface area contributed by atoms with Gasteiger partial charge in [0.1, 0.15) is 0 Å². The highest BCUT2D eigenvalue weighted by molar-refractivity contribution is 6.33. The van der Waals surface area contributed by atoms with Gasteiger partial charge in [-0.1, -0.05) is 0 Å². The van der Waals surface area contributed by atoms with Gasteiger partial charge in [0.05, 0.1) is 13.1 Å². The lowest BCUT2D eigenvalue weighted by Gasteiger charge is -2.32. The zero-order chi connectivity index (χ0) is 11.4. The van der Waals surface area contributed by atoms with E-state index in [4.69, 9.17) is 10.8 Å². The maximum absolute atomic E-state index is 11.0. The molecule has 3 N–H and O–H groups in total. The molecule has 0 aromatic rings. The molecule has 1 saturated heterocycles. The number of amides is 1. The van der Waals surface area contributed by atoms with Crippen molar-refractivity contribution in [2.75, 3.05) is 26.2 Å². The summed E-state index contributed by atoms with van der Waals surface area (Å²) in [7, 11) is 0. The Bertz CT molecular complexity index is 300. The van der Waals surface area contributed by atoms with Crippen molar-refractivity contribution in [3.05, 3.63) is 0 Å². The van der Waals surface area contributed by atoms with Crippen molar-refractivity contribution < 1.29 is 14.7 Å². The van der Waals surface area contributed by atoms with Crippen LogP contribution in [0.3, 0.4) is 0 Å². The van der Waals surface area contributed by atoms with Gasteiger partial charge in [-0.15, -0.1) is 12.4 Å². The Labute approximate surface area is 99.3 Å². The van der Waals surface area contributed by atoms with Crippen LogP contribution in [-0.4, -0.2) is 58.9 Å². The molecular weight excluding hydrogens is 236 g/mol. The molecule has 1 fully saturated rings. The average molecular weight is 251 g/mol. The molecule has 0 aliphatic carbocycles. The third-order valence-corrected chi connectivity index (χ3v) is 2.17. The number of carbonyl (C=O) groups is 2. The number of nitrogens with zero attached hydrogens (tertiary/aromatic N) is 3. The van der Waals surface area contributed by atoms with Crippen molar-refractivity contribution in [1.82, 2.24) is 9.91 Å². The van der Waals surface area contributed by atoms with E-state index in [0.717, 1.165) is 0 Å². The van der Waals surface area contributed by atoms with Gasteiger partial charge in [0, 0.05) is 20.0 Å². The van der Waals surface area contributed by atoms with Crippen LogP contribution in [0.1, 0.15) is 6.92 Å². The highest BCUT2D eigenvalue weighted by atomic mass is 35.5. The van der Waals surface area contributed by atoms with Crippen LogP contribution in [0.2, 0.25) is 0 Å². The minimum absolute atomic E-state index is 0. The zero-order valence-corrected chi connectivity index (χ0v) is 9.74. The molecule has 1 aliphatic rings. The molecule has 1 heterocycles. The van der Waals surface area contributed by atoms with E-state index in [1.807, 2.05) is 0 Å². The van der Waals surface area contributed by atoms with Gasteiger partial charge < -0.3 is 15.7 Å². The predicted octanol–water partition coefficient (Wildman–Crippen LogP) is -1.07. The van der Waals surface area contributed by atoms with Crippen LogP contribution < -0.4 is 5.73 Å². The molecule has 0 unspecified atom stereocenters. The van der Waals surface area contributed by atoms with Gasteiger partial charge in [-0.05, 0) is 0 Å². The fourth-order valence-corrected chi connectivity index (χ4v) is 1.31. The molecule has 7 nitrogen and oxygen atoms in total. The van der Waals surface area contributed by atoms with Crippen LogP contribution in [0.25, 0.3) is 0 Å². The molecule has 8 heteroatoms. The molecule has 92 valence electrons. The summed E-state index contributed by atoms with van der Waals surface area (Å²) in [6.07, 6.45) is 0. The summed E-state index contributed by atoms with van der Waals surface area (Å²) in [6, 6.07) is 0. The largest absolute Gasteiger partial charge is 0.475 e. The highest BCUT2D eigenvalue weighted by Gasteiger charge is 2.18. The van der Waals surface area contributed by atoms with Gasteiger partial charge >= 0.3 is 5.97 Å². The lowest BCUT2D eigenvalue weighted by Crippen LogP contribution is -2.46. The van der Waals surface area contributed by atoms with Crippen LogP contribution in [0.15, 0.2) is 5.10 Å². The number of piperazine rings is 1. The monoisotopic (exact) mass is 250 g/mol. The summed E-state index contributed by atoms with van der Waals surface area (Å²) in [5.41, 5.74) is 5.17. The SMILES string of the molecule is CC(=O)N1CCN(/N=C(\N)C(=O)O)CC1.Cl. The third kappa shape index (κ3) is 3.93. The fraction of sp³-hybridized carbons (Fsp3) is 0.625. The Balaban J connectivity index is 0.00000225. The predicted molar refractivity (Wildman–Crippen MR) is 60.3 cm³/mol. The van der Waals surface area contributed by atoms with E-state index in [1.165, 1.54) is 6.92 Å². The second-order valence-corrected chi connectivity index (χ2v) is 3.25. The number of hydrazone groups is 1. The Kier molecular flexibility index (Phi) is 5.59. The minimum Gasteiger partial charge on any atom is -0.475 e. The Morgan fingerprint density at radius 2 is 1.75 bits per heavy atom. The minimum atomic E-state index is -1.23. The molecular formula is C8H15ClN4O3. The molecule has 0 aromatic heterocycles. The first-order valence-electron chi connectivity index (χ1n) is 4.58. The molecule has 1 aliphatic heterocycles. The summed E-state index contributed by atoms with van der Waals surface area (Å²) < 4.78 is 0. The molecule has 0 spiro atoms. The number of amidine groups is 1. The summed E-state index contributed by atoms with van der Waals surface area (Å²) in [5.74, 6) is -1.64. The van der Waals surface area contributed by atoms with E-state index >= 15 is 0 Å². The molecule has 1 rings (SSSR count). The molecule has 0 aromatic carbocycles. The molecule has 1 amide bonds. The second-order valence-electron chi connectivity index (χ2n) is 3.25. The number of aliphatic carboxylic acids is 1. The topological polar surface area (TPSA) is 99.2 Å². The first kappa shape index (κ1) is 14.5. The summed E-state index contributed by atoms with van der Waals surface area (Å²) in [6.45, 7) is 3.61. The van der Waals surface area contributed by atoms with Crippen molar-refractivity contribution in [3.63, 3.8) is 0 Å². The summed E-state index contributed by atoms with van der Waals surface area (Å²) >= 11 is 0. The second kappa shape index (κ2) is 6.16. The lowest BCUT2D eigenvalue weighted by molar-refractivity contribution is -0.131. The standard InChI is InChI=1S/C8H14N4O3.ClH/c1-6(13)11-2-4-12(5-3-11)10-7(9)8(14)15;/h2-5H2,1H3,(H2,9,10)(H,14,15);1H. The number of nitrogens with two attached hydrogens (primary N) is 1. The van der Waals surface area contributed by atoms with Gasteiger partial charge in [0.25, 0.3) is 0 Å². The number of halogens is 1. The zero-order valence-electron chi connectivity index (χ0n) is 8.92. The van der Waals surface area contributed by atoms with E-state index in [2.05, 4.69) is 5.10 Å². The van der Waals surface area contributed by atoms with Crippen LogP contribution in [0, 0.1) is 0 Å². The molecule has 0 radical (unpaired) electrons. The first-order chi connectivity index (χ1) is 7.00. The van der Waals surface area contributed by atoms with Crippen LogP contribution >= 0.6 is 12.4 Å². The van der Waals surface area contributed by atoms with Crippen molar-refractivity contribution in [2.45, 2.75) is 6.92 Å². The number of rotatable bonds is 1. The van der Waals surface area contributed by atoms with Gasteiger partial charge in [-0.3, -0.25) is 9.80 Å². The number of hydrogen-bond donors (Lipinski definition) is 2. The van der Waals surface area contributed by atoms with Crippen molar-refractivity contribution in [3.8, 4) is 0 Å². The number of carboxylic acids is 1. The Morgan fingerprint density at radius 3 is 2.12 bits per heavy atom. The number of carbonyl (C=O) groups excluding carboxylic acids is 1. The van der Waals surface area contributed by atoms with Gasteiger partial charge in [0.15, 0.2) is 0 Å². The van der Waals surface area contributed by atoms with Gasteiger partial charge in [0.2, 0.25) is 11.7 Å². The van der Waals surface area contributed by atoms with Crippen molar-refractivity contribution >= 4 is 30.1 Å². The van der Waals surface area contributed by atoms with Crippen LogP contribution in [0.4, 0.5) is 0 Å². The first-order valence-corrected chi connectivity index (χ1v) is 4.58. The van der Waals surface area contributed by atoms with Crippen LogP contribution in [0.5, 0.6) is 0 Å². The molecule has 0 bridgehead atoms. The average Bonchev–Trinajstić information content (AvgIpc) is 2.18. The van der Waals surface area contributed by atoms with E-state index in [1.54, 1.807) is 9.91 Å². The molecule has 0 saturated carbocycles. The number of carboxylic acid groups (broad SMARTS) is 1. The van der Waals surface area contributed by atoms with E-state index in [-0.39, 0.29) is 18.3 Å². The molecule has 16 heavy (non-hydrogen) atoms. The maximum Gasteiger partial charge on any atom is 0.373 e. The Morgan fingerprint density at radius 1 is 1.25 bits per heavy atom. The maximum atomic E-state index is 11.0. The summed E-state index contributed by atoms with van der Waals surface area (Å²) in [5, 5.41) is 13.8. The molecule has 0 atom stereocenters. The Hall–Kier alpha value is -1.50. The normalized spacial score (nSPS) is 16.7. The quantitative estimate of drug-likeness (QED) is 0.456. The summed E-state index contributed by atoms with van der Waals surface area (Å²) in [4.78, 5) is 23.1. The van der Waals surface area contributed by atoms with Gasteiger partial charge in [-0.2, -0.15) is 5.10 Å². The number of hydrogen-bond acceptors (Lipinski definition) is 4. The smallest absolute Gasteiger partial charge is 0.373 e. The van der Waals surface area contributed by atoms with Gasteiger partial charge in [-0.25, -0.2) is 4.79 Å². The lowest BCUT2D eigenvalue weighted by atomic mass is 10.3. The third-order valence-electron chi connectivity index (χ3n) is 2.17. The highest BCUT2D eigenvalue weighted by Crippen LogP contribution is 2.02. The van der Waals surface area contributed by atoms with Crippen molar-refractivity contribution in [1.29, 1.82) is 0 Å². The van der Waals surface area contributed by atoms with E-state index < -0.39 is 11.8 Å².